The summed E-state index contributed by atoms with van der Waals surface area (Å²) in [5.41, 5.74) is 4.45. The van der Waals surface area contributed by atoms with Crippen LogP contribution in [0.15, 0.2) is 30.7 Å². The maximum absolute atomic E-state index is 6.21. The molecule has 1 aliphatic heterocycles. The first-order chi connectivity index (χ1) is 18.4. The predicted octanol–water partition coefficient (Wildman–Crippen LogP) is 4.19. The summed E-state index contributed by atoms with van der Waals surface area (Å²) in [6.45, 7) is 17.0. The van der Waals surface area contributed by atoms with E-state index in [2.05, 4.69) is 69.1 Å². The van der Waals surface area contributed by atoms with Gasteiger partial charge in [0.2, 0.25) is 0 Å². The first-order valence-corrected chi connectivity index (χ1v) is 17.5. The van der Waals surface area contributed by atoms with Crippen LogP contribution in [-0.4, -0.2) is 85.6 Å². The molecule has 10 heteroatoms. The van der Waals surface area contributed by atoms with Gasteiger partial charge in [-0.25, -0.2) is 15.0 Å². The average molecular weight is 541 g/mol. The van der Waals surface area contributed by atoms with E-state index in [1.54, 1.807) is 13.4 Å². The van der Waals surface area contributed by atoms with Crippen molar-refractivity contribution in [3.63, 3.8) is 0 Å². The molecule has 0 spiro atoms. The predicted molar refractivity (Wildman–Crippen MR) is 154 cm³/mol. The van der Waals surface area contributed by atoms with Gasteiger partial charge in [0, 0.05) is 59.7 Å². The minimum absolute atomic E-state index is 0.519. The Balaban J connectivity index is 1.46. The van der Waals surface area contributed by atoms with Gasteiger partial charge < -0.3 is 23.7 Å². The lowest BCUT2D eigenvalue weighted by atomic mass is 10.2. The molecule has 208 valence electrons. The van der Waals surface area contributed by atoms with E-state index in [9.17, 15) is 0 Å². The average Bonchev–Trinajstić information content (AvgIpc) is 3.25. The van der Waals surface area contributed by atoms with Gasteiger partial charge in [-0.1, -0.05) is 32.6 Å². The monoisotopic (exact) mass is 540 g/mol. The van der Waals surface area contributed by atoms with E-state index in [1.807, 2.05) is 6.20 Å². The Morgan fingerprint density at radius 2 is 1.82 bits per heavy atom. The second kappa shape index (κ2) is 13.6. The molecule has 0 N–H and O–H groups in total. The van der Waals surface area contributed by atoms with E-state index >= 15 is 0 Å². The Bertz CT molecular complexity index is 1160. The van der Waals surface area contributed by atoms with Crippen LogP contribution in [-0.2, 0) is 40.5 Å². The third kappa shape index (κ3) is 7.83. The molecule has 3 heterocycles. The normalized spacial score (nSPS) is 15.0. The van der Waals surface area contributed by atoms with Crippen molar-refractivity contribution in [2.45, 2.75) is 58.9 Å². The van der Waals surface area contributed by atoms with Crippen LogP contribution in [0.2, 0.25) is 25.7 Å². The Morgan fingerprint density at radius 1 is 1.00 bits per heavy atom. The number of aryl methyl sites for hydroxylation is 1. The van der Waals surface area contributed by atoms with Gasteiger partial charge in [-0.2, -0.15) is 0 Å². The van der Waals surface area contributed by atoms with Crippen LogP contribution in [0.1, 0.15) is 23.9 Å². The lowest BCUT2D eigenvalue weighted by molar-refractivity contribution is 0.0616. The molecule has 0 saturated carbocycles. The molecule has 2 aromatic heterocycles. The highest BCUT2D eigenvalue weighted by Gasteiger charge is 2.22. The lowest BCUT2D eigenvalue weighted by Gasteiger charge is -2.35. The Labute approximate surface area is 228 Å². The van der Waals surface area contributed by atoms with Crippen LogP contribution in [0.5, 0.6) is 0 Å². The number of hydrogen-bond acceptors (Lipinski definition) is 8. The second-order valence-electron chi connectivity index (χ2n) is 11.2. The van der Waals surface area contributed by atoms with E-state index < -0.39 is 8.07 Å². The topological polar surface area (TPSA) is 77.8 Å². The maximum Gasteiger partial charge on any atom is 0.135 e. The van der Waals surface area contributed by atoms with Crippen molar-refractivity contribution in [1.29, 1.82) is 0 Å². The molecule has 0 amide bonds. The number of imidazole rings is 1. The lowest BCUT2D eigenvalue weighted by Crippen LogP contribution is -2.46. The van der Waals surface area contributed by atoms with Crippen LogP contribution in [0.4, 0.5) is 5.82 Å². The van der Waals surface area contributed by atoms with Crippen LogP contribution in [0, 0.1) is 0 Å². The minimum atomic E-state index is -1.15. The van der Waals surface area contributed by atoms with Gasteiger partial charge in [-0.05, 0) is 30.2 Å². The van der Waals surface area contributed by atoms with Gasteiger partial charge >= 0.3 is 0 Å². The summed E-state index contributed by atoms with van der Waals surface area (Å²) >= 11 is 0. The van der Waals surface area contributed by atoms with E-state index in [4.69, 9.17) is 19.2 Å². The number of anilines is 1. The molecule has 9 nitrogen and oxygen atoms in total. The molecule has 0 aliphatic carbocycles. The van der Waals surface area contributed by atoms with Crippen molar-refractivity contribution < 1.29 is 14.2 Å². The first-order valence-electron chi connectivity index (χ1n) is 13.8. The van der Waals surface area contributed by atoms with Crippen LogP contribution in [0.25, 0.3) is 11.0 Å². The summed E-state index contributed by atoms with van der Waals surface area (Å²) in [6.07, 6.45) is 4.54. The fourth-order valence-corrected chi connectivity index (χ4v) is 5.40. The molecule has 1 saturated heterocycles. The minimum Gasteiger partial charge on any atom is -0.382 e. The zero-order chi connectivity index (χ0) is 27.0. The van der Waals surface area contributed by atoms with Gasteiger partial charge in [0.15, 0.2) is 0 Å². The van der Waals surface area contributed by atoms with Crippen LogP contribution >= 0.6 is 0 Å². The highest BCUT2D eigenvalue weighted by molar-refractivity contribution is 6.76. The van der Waals surface area contributed by atoms with E-state index in [-0.39, 0.29) is 0 Å². The maximum atomic E-state index is 6.21. The summed E-state index contributed by atoms with van der Waals surface area (Å²) in [7, 11) is 0.538. The number of ether oxygens (including phenoxy) is 3. The summed E-state index contributed by atoms with van der Waals surface area (Å²) in [4.78, 5) is 18.7. The molecule has 0 bridgehead atoms. The van der Waals surface area contributed by atoms with Crippen molar-refractivity contribution in [3.8, 4) is 0 Å². The standard InChI is InChI=1S/C28H44N6O3Si/c1-6-24-18-29-21-30-28(24)33-11-9-32(10-12-33)19-27-31-25-8-7-23(20-36-14-13-35-2)17-26(25)34(27)22-37-15-16-38(3,4)5/h7-8,17-18,21H,6,9-16,19-20,22H2,1-5H3. The van der Waals surface area contributed by atoms with Crippen molar-refractivity contribution in [3.05, 3.63) is 47.7 Å². The fourth-order valence-electron chi connectivity index (χ4n) is 4.64. The summed E-state index contributed by atoms with van der Waals surface area (Å²) in [5, 5.41) is 0. The van der Waals surface area contributed by atoms with Gasteiger partial charge in [0.25, 0.3) is 0 Å². The van der Waals surface area contributed by atoms with Crippen LogP contribution in [0.3, 0.4) is 0 Å². The van der Waals surface area contributed by atoms with E-state index in [0.29, 0.717) is 26.6 Å². The molecular weight excluding hydrogens is 496 g/mol. The van der Waals surface area contributed by atoms with Gasteiger partial charge in [-0.3, -0.25) is 4.90 Å². The van der Waals surface area contributed by atoms with Crippen molar-refractivity contribution in [2.24, 2.45) is 0 Å². The molecule has 1 aliphatic rings. The number of fused-ring (bicyclic) bond motifs is 1. The highest BCUT2D eigenvalue weighted by atomic mass is 28.3. The first kappa shape index (κ1) is 28.6. The summed E-state index contributed by atoms with van der Waals surface area (Å²) in [5.74, 6) is 2.13. The zero-order valence-corrected chi connectivity index (χ0v) is 24.8. The van der Waals surface area contributed by atoms with Gasteiger partial charge in [-0.15, -0.1) is 0 Å². The SMILES string of the molecule is CCc1cncnc1N1CCN(Cc2nc3ccc(COCCOC)cc3n2COCC[Si](C)(C)C)CC1. The molecule has 0 atom stereocenters. The smallest absolute Gasteiger partial charge is 0.135 e. The number of nitrogens with zero attached hydrogens (tertiary/aromatic N) is 6. The molecule has 4 rings (SSSR count). The van der Waals surface area contributed by atoms with Crippen molar-refractivity contribution in [2.75, 3.05) is 58.0 Å². The number of aromatic nitrogens is 4. The largest absolute Gasteiger partial charge is 0.382 e. The molecule has 1 aromatic carbocycles. The van der Waals surface area contributed by atoms with E-state index in [0.717, 1.165) is 80.0 Å². The third-order valence-electron chi connectivity index (χ3n) is 6.99. The molecule has 1 fully saturated rings. The molecule has 0 unspecified atom stereocenters. The molecular formula is C28H44N6O3Si. The molecule has 3 aromatic rings. The fraction of sp³-hybridized carbons (Fsp3) is 0.607. The van der Waals surface area contributed by atoms with E-state index in [1.165, 1.54) is 5.56 Å². The van der Waals surface area contributed by atoms with Gasteiger partial charge in [0.1, 0.15) is 24.7 Å². The number of piperazine rings is 1. The number of hydrogen-bond donors (Lipinski definition) is 0. The molecule has 38 heavy (non-hydrogen) atoms. The van der Waals surface area contributed by atoms with Crippen molar-refractivity contribution in [1.82, 2.24) is 24.4 Å². The highest BCUT2D eigenvalue weighted by Crippen LogP contribution is 2.23. The summed E-state index contributed by atoms with van der Waals surface area (Å²) < 4.78 is 19.3. The molecule has 0 radical (unpaired) electrons. The summed E-state index contributed by atoms with van der Waals surface area (Å²) in [6, 6.07) is 7.55. The van der Waals surface area contributed by atoms with Gasteiger partial charge in [0.05, 0.1) is 37.4 Å². The number of rotatable bonds is 14. The number of benzene rings is 1. The Hall–Kier alpha value is -2.37. The Morgan fingerprint density at radius 3 is 2.55 bits per heavy atom. The van der Waals surface area contributed by atoms with Crippen LogP contribution < -0.4 is 4.90 Å². The zero-order valence-electron chi connectivity index (χ0n) is 23.8. The quantitative estimate of drug-likeness (QED) is 0.223. The van der Waals surface area contributed by atoms with Crippen molar-refractivity contribution >= 4 is 24.9 Å². The third-order valence-corrected chi connectivity index (χ3v) is 8.70. The Kier molecular flexibility index (Phi) is 10.3. The second-order valence-corrected chi connectivity index (χ2v) is 16.8. The number of methoxy groups -OCH3 is 1.